The van der Waals surface area contributed by atoms with E-state index in [1.54, 1.807) is 37.7 Å². The third kappa shape index (κ3) is 2.75. The molecule has 0 saturated carbocycles. The number of aromatic nitrogens is 3. The van der Waals surface area contributed by atoms with Gasteiger partial charge in [-0.2, -0.15) is 5.10 Å². The molecule has 6 nitrogen and oxygen atoms in total. The van der Waals surface area contributed by atoms with Crippen LogP contribution < -0.4 is 5.43 Å². The number of hydrogen-bond donors (Lipinski definition) is 2. The van der Waals surface area contributed by atoms with Crippen LogP contribution >= 0.6 is 0 Å². The lowest BCUT2D eigenvalue weighted by molar-refractivity contribution is 0.0950. The number of nitrogens with one attached hydrogen (secondary N) is 2. The Morgan fingerprint density at radius 3 is 2.88 bits per heavy atom. The number of rotatable bonds is 3. The summed E-state index contributed by atoms with van der Waals surface area (Å²) < 4.78 is 0. The van der Waals surface area contributed by atoms with Gasteiger partial charge in [0.25, 0.3) is 5.91 Å². The zero-order valence-corrected chi connectivity index (χ0v) is 9.21. The number of pyridine rings is 1. The Balaban J connectivity index is 1.98. The van der Waals surface area contributed by atoms with Gasteiger partial charge in [0, 0.05) is 18.1 Å². The molecule has 6 heteroatoms. The Kier molecular flexibility index (Phi) is 3.25. The molecule has 2 rings (SSSR count). The van der Waals surface area contributed by atoms with Crippen molar-refractivity contribution < 1.29 is 4.79 Å². The summed E-state index contributed by atoms with van der Waals surface area (Å²) in [7, 11) is 0. The van der Waals surface area contributed by atoms with E-state index < -0.39 is 0 Å². The van der Waals surface area contributed by atoms with Crippen molar-refractivity contribution in [3.63, 3.8) is 0 Å². The van der Waals surface area contributed by atoms with Crippen molar-refractivity contribution >= 4 is 12.1 Å². The summed E-state index contributed by atoms with van der Waals surface area (Å²) in [6.45, 7) is 1.77. The molecule has 0 bridgehead atoms. The van der Waals surface area contributed by atoms with Crippen LogP contribution in [0.3, 0.4) is 0 Å². The highest BCUT2D eigenvalue weighted by Crippen LogP contribution is 1.99. The van der Waals surface area contributed by atoms with Crippen molar-refractivity contribution in [1.29, 1.82) is 0 Å². The normalized spacial score (nSPS) is 10.6. The Bertz CT molecular complexity index is 532. The van der Waals surface area contributed by atoms with Crippen LogP contribution in [-0.2, 0) is 0 Å². The van der Waals surface area contributed by atoms with Crippen LogP contribution in [0.1, 0.15) is 21.7 Å². The molecule has 0 radical (unpaired) electrons. The molecule has 1 amide bonds. The molecule has 0 aromatic carbocycles. The number of carbonyl (C=O) groups excluding carboxylic acids is 1. The molecule has 2 aromatic heterocycles. The lowest BCUT2D eigenvalue weighted by atomic mass is 10.3. The van der Waals surface area contributed by atoms with Gasteiger partial charge in [0.2, 0.25) is 0 Å². The minimum Gasteiger partial charge on any atom is -0.348 e. The predicted molar refractivity (Wildman–Crippen MR) is 62.6 cm³/mol. The van der Waals surface area contributed by atoms with Crippen LogP contribution in [0.4, 0.5) is 0 Å². The molecule has 0 atom stereocenters. The van der Waals surface area contributed by atoms with Gasteiger partial charge in [0.1, 0.15) is 0 Å². The summed E-state index contributed by atoms with van der Waals surface area (Å²) in [5.74, 6) is -0.339. The fraction of sp³-hybridized carbons (Fsp3) is 0.0909. The van der Waals surface area contributed by atoms with E-state index in [1.807, 2.05) is 0 Å². The summed E-state index contributed by atoms with van der Waals surface area (Å²) in [5, 5.41) is 3.83. The summed E-state index contributed by atoms with van der Waals surface area (Å²) in [6.07, 6.45) is 6.32. The first-order valence-corrected chi connectivity index (χ1v) is 5.01. The molecule has 0 aliphatic carbocycles. The van der Waals surface area contributed by atoms with E-state index in [9.17, 15) is 4.79 Å². The van der Waals surface area contributed by atoms with Crippen LogP contribution in [0.15, 0.2) is 36.0 Å². The highest BCUT2D eigenvalue weighted by atomic mass is 16.2. The van der Waals surface area contributed by atoms with E-state index in [0.29, 0.717) is 11.4 Å². The van der Waals surface area contributed by atoms with Gasteiger partial charge in [0.05, 0.1) is 12.5 Å². The smallest absolute Gasteiger partial charge is 0.291 e. The molecule has 2 heterocycles. The lowest BCUT2D eigenvalue weighted by Crippen LogP contribution is -2.19. The van der Waals surface area contributed by atoms with Gasteiger partial charge >= 0.3 is 0 Å². The largest absolute Gasteiger partial charge is 0.348 e. The first-order valence-electron chi connectivity index (χ1n) is 5.01. The molecule has 0 spiro atoms. The van der Waals surface area contributed by atoms with Crippen molar-refractivity contribution in [3.8, 4) is 0 Å². The molecular formula is C11H11N5O. The van der Waals surface area contributed by atoms with Gasteiger partial charge in [-0.25, -0.2) is 10.4 Å². The van der Waals surface area contributed by atoms with Crippen molar-refractivity contribution in [1.82, 2.24) is 20.4 Å². The van der Waals surface area contributed by atoms with E-state index in [2.05, 4.69) is 25.5 Å². The average molecular weight is 229 g/mol. The highest BCUT2D eigenvalue weighted by Gasteiger charge is 2.09. The molecule has 2 N–H and O–H groups in total. The number of imidazole rings is 1. The zero-order valence-electron chi connectivity index (χ0n) is 9.21. The molecule has 0 aliphatic rings. The Hall–Kier alpha value is -2.50. The van der Waals surface area contributed by atoms with Gasteiger partial charge in [0.15, 0.2) is 5.69 Å². The number of hydrazone groups is 1. The number of aryl methyl sites for hydroxylation is 1. The van der Waals surface area contributed by atoms with Crippen LogP contribution in [0.25, 0.3) is 0 Å². The minimum atomic E-state index is -0.339. The molecule has 86 valence electrons. The third-order valence-electron chi connectivity index (χ3n) is 2.13. The fourth-order valence-electron chi connectivity index (χ4n) is 1.26. The number of aromatic amines is 1. The molecular weight excluding hydrogens is 218 g/mol. The quantitative estimate of drug-likeness (QED) is 0.605. The third-order valence-corrected chi connectivity index (χ3v) is 2.13. The van der Waals surface area contributed by atoms with Gasteiger partial charge in [-0.15, -0.1) is 0 Å². The number of hydrogen-bond acceptors (Lipinski definition) is 4. The SMILES string of the molecule is Cc1[nH]cnc1C(=O)NN=Cc1ccncc1. The maximum Gasteiger partial charge on any atom is 0.291 e. The van der Waals surface area contributed by atoms with Crippen molar-refractivity contribution in [2.45, 2.75) is 6.92 Å². The van der Waals surface area contributed by atoms with Crippen LogP contribution in [0.2, 0.25) is 0 Å². The van der Waals surface area contributed by atoms with Crippen molar-refractivity contribution in [2.24, 2.45) is 5.10 Å². The van der Waals surface area contributed by atoms with Gasteiger partial charge in [-0.3, -0.25) is 9.78 Å². The zero-order chi connectivity index (χ0) is 12.1. The van der Waals surface area contributed by atoms with Gasteiger partial charge in [-0.05, 0) is 24.6 Å². The van der Waals surface area contributed by atoms with Crippen LogP contribution in [-0.4, -0.2) is 27.1 Å². The Morgan fingerprint density at radius 1 is 1.47 bits per heavy atom. The topological polar surface area (TPSA) is 83.0 Å². The summed E-state index contributed by atoms with van der Waals surface area (Å²) in [4.78, 5) is 22.2. The highest BCUT2D eigenvalue weighted by molar-refractivity contribution is 5.94. The first kappa shape index (κ1) is 11.0. The minimum absolute atomic E-state index is 0.339. The fourth-order valence-corrected chi connectivity index (χ4v) is 1.26. The summed E-state index contributed by atoms with van der Waals surface area (Å²) >= 11 is 0. The van der Waals surface area contributed by atoms with E-state index in [-0.39, 0.29) is 5.91 Å². The molecule has 0 aliphatic heterocycles. The number of nitrogens with zero attached hydrogens (tertiary/aromatic N) is 3. The van der Waals surface area contributed by atoms with Crippen LogP contribution in [0, 0.1) is 6.92 Å². The number of amides is 1. The first-order chi connectivity index (χ1) is 8.27. The lowest BCUT2D eigenvalue weighted by Gasteiger charge is -1.96. The number of H-pyrrole nitrogens is 1. The van der Waals surface area contributed by atoms with Crippen molar-refractivity contribution in [3.05, 3.63) is 47.8 Å². The number of carbonyl (C=O) groups is 1. The molecule has 0 fully saturated rings. The second-order valence-electron chi connectivity index (χ2n) is 3.36. The van der Waals surface area contributed by atoms with Crippen LogP contribution in [0.5, 0.6) is 0 Å². The Morgan fingerprint density at radius 2 is 2.24 bits per heavy atom. The summed E-state index contributed by atoms with van der Waals surface area (Å²) in [6, 6.07) is 3.57. The van der Waals surface area contributed by atoms with E-state index in [4.69, 9.17) is 0 Å². The maximum atomic E-state index is 11.6. The molecule has 17 heavy (non-hydrogen) atoms. The standard InChI is InChI=1S/C11H11N5O/c1-8-10(14-7-13-8)11(17)16-15-6-9-2-4-12-5-3-9/h2-7H,1H3,(H,13,14)(H,16,17). The van der Waals surface area contributed by atoms with E-state index in [0.717, 1.165) is 5.56 Å². The summed E-state index contributed by atoms with van der Waals surface area (Å²) in [5.41, 5.74) is 4.32. The second-order valence-corrected chi connectivity index (χ2v) is 3.36. The van der Waals surface area contributed by atoms with Gasteiger partial charge in [-0.1, -0.05) is 0 Å². The average Bonchev–Trinajstić information content (AvgIpc) is 2.77. The predicted octanol–water partition coefficient (Wildman–Crippen LogP) is 0.877. The van der Waals surface area contributed by atoms with Crippen molar-refractivity contribution in [2.75, 3.05) is 0 Å². The Labute approximate surface area is 97.8 Å². The van der Waals surface area contributed by atoms with E-state index in [1.165, 1.54) is 6.33 Å². The van der Waals surface area contributed by atoms with E-state index >= 15 is 0 Å². The second kappa shape index (κ2) is 5.02. The monoisotopic (exact) mass is 229 g/mol. The molecule has 0 unspecified atom stereocenters. The maximum absolute atomic E-state index is 11.6. The molecule has 2 aromatic rings. The molecule has 0 saturated heterocycles. The van der Waals surface area contributed by atoms with Gasteiger partial charge < -0.3 is 4.98 Å².